The Labute approximate surface area is 180 Å². The largest absolute Gasteiger partial charge is 0.466 e. The highest BCUT2D eigenvalue weighted by Crippen LogP contribution is 2.34. The maximum atomic E-state index is 13.3. The number of H-pyrrole nitrogens is 1. The van der Waals surface area contributed by atoms with E-state index < -0.39 is 0 Å². The number of halogens is 1. The lowest BCUT2D eigenvalue weighted by molar-refractivity contribution is -0.344. The molecule has 0 radical (unpaired) electrons. The van der Waals surface area contributed by atoms with Crippen molar-refractivity contribution in [2.75, 3.05) is 24.6 Å². The van der Waals surface area contributed by atoms with E-state index in [4.69, 9.17) is 16.3 Å². The zero-order valence-corrected chi connectivity index (χ0v) is 17.6. The summed E-state index contributed by atoms with van der Waals surface area (Å²) in [6, 6.07) is 14.9. The Kier molecular flexibility index (Phi) is 6.00. The van der Waals surface area contributed by atoms with Crippen LogP contribution in [0.25, 0.3) is 10.9 Å². The van der Waals surface area contributed by atoms with Crippen LogP contribution in [0.5, 0.6) is 0 Å². The molecule has 0 amide bonds. The Hall–Kier alpha value is -2.92. The van der Waals surface area contributed by atoms with Crippen LogP contribution in [-0.4, -0.2) is 31.4 Å². The molecule has 0 spiro atoms. The summed E-state index contributed by atoms with van der Waals surface area (Å²) in [5, 5.41) is 1.52. The third-order valence-corrected chi connectivity index (χ3v) is 5.81. The van der Waals surface area contributed by atoms with Crippen molar-refractivity contribution in [3.8, 4) is 0 Å². The average Bonchev–Trinajstić information content (AvgIpc) is 2.78. The van der Waals surface area contributed by atoms with Crippen molar-refractivity contribution >= 4 is 39.9 Å². The van der Waals surface area contributed by atoms with Crippen molar-refractivity contribution < 1.29 is 19.3 Å². The molecule has 6 heteroatoms. The van der Waals surface area contributed by atoms with Crippen molar-refractivity contribution in [1.82, 2.24) is 0 Å². The number of aromatic nitrogens is 1. The van der Waals surface area contributed by atoms with Gasteiger partial charge in [-0.25, -0.2) is 4.98 Å². The Bertz CT molecular complexity index is 1080. The minimum atomic E-state index is -0.132. The highest BCUT2D eigenvalue weighted by Gasteiger charge is 2.30. The normalized spacial score (nSPS) is 14.7. The van der Waals surface area contributed by atoms with Gasteiger partial charge in [0, 0.05) is 29.7 Å². The van der Waals surface area contributed by atoms with Gasteiger partial charge in [0.15, 0.2) is 6.20 Å². The number of carbonyl (C=O) groups excluding carboxylic acids is 2. The summed E-state index contributed by atoms with van der Waals surface area (Å²) < 4.78 is 5.19. The first-order valence-electron chi connectivity index (χ1n) is 10.2. The van der Waals surface area contributed by atoms with E-state index in [0.717, 1.165) is 16.6 Å². The van der Waals surface area contributed by atoms with Crippen molar-refractivity contribution in [1.29, 1.82) is 0 Å². The molecule has 2 heterocycles. The van der Waals surface area contributed by atoms with Crippen LogP contribution >= 0.6 is 11.6 Å². The molecule has 5 nitrogen and oxygen atoms in total. The highest BCUT2D eigenvalue weighted by atomic mass is 35.5. The molecule has 1 saturated heterocycles. The van der Waals surface area contributed by atoms with Gasteiger partial charge in [-0.15, -0.1) is 0 Å². The van der Waals surface area contributed by atoms with Gasteiger partial charge in [-0.1, -0.05) is 41.9 Å². The molecule has 0 saturated carbocycles. The van der Waals surface area contributed by atoms with Gasteiger partial charge in [-0.05, 0) is 31.9 Å². The van der Waals surface area contributed by atoms with Crippen LogP contribution in [0.15, 0.2) is 54.7 Å². The van der Waals surface area contributed by atoms with E-state index in [1.807, 2.05) is 55.5 Å². The number of piperidine rings is 1. The molecule has 3 aromatic rings. The molecule has 4 rings (SSSR count). The monoisotopic (exact) mass is 423 g/mol. The number of hydrogen-bond donors (Lipinski definition) is 0. The number of hydrogen-bond acceptors (Lipinski definition) is 4. The van der Waals surface area contributed by atoms with Gasteiger partial charge in [0.05, 0.1) is 23.6 Å². The van der Waals surface area contributed by atoms with Crippen molar-refractivity contribution in [3.05, 3.63) is 70.9 Å². The van der Waals surface area contributed by atoms with Crippen molar-refractivity contribution in [2.45, 2.75) is 19.8 Å². The van der Waals surface area contributed by atoms with Gasteiger partial charge >= 0.3 is 5.97 Å². The molecule has 154 valence electrons. The maximum absolute atomic E-state index is 13.3. The fraction of sp³-hybridized carbons (Fsp3) is 0.292. The van der Waals surface area contributed by atoms with E-state index in [2.05, 4.69) is 9.88 Å². The van der Waals surface area contributed by atoms with Gasteiger partial charge in [0.25, 0.3) is 0 Å². The quantitative estimate of drug-likeness (QED) is 0.453. The van der Waals surface area contributed by atoms with Crippen LogP contribution in [0.1, 0.15) is 35.7 Å². The van der Waals surface area contributed by atoms with Gasteiger partial charge in [-0.3, -0.25) is 9.59 Å². The number of nitrogens with zero attached hydrogens (tertiary/aromatic N) is 1. The fourth-order valence-corrected chi connectivity index (χ4v) is 4.23. The van der Waals surface area contributed by atoms with Gasteiger partial charge in [-0.2, -0.15) is 0 Å². The lowest BCUT2D eigenvalue weighted by Crippen LogP contribution is -2.38. The molecular formula is C24H24ClN2O3+. The summed E-state index contributed by atoms with van der Waals surface area (Å²) in [5.41, 5.74) is 3.01. The number of aromatic amines is 1. The predicted octanol–water partition coefficient (Wildman–Crippen LogP) is 4.32. The second-order valence-corrected chi connectivity index (χ2v) is 7.89. The summed E-state index contributed by atoms with van der Waals surface area (Å²) in [6.45, 7) is 3.56. The van der Waals surface area contributed by atoms with Crippen LogP contribution in [0.2, 0.25) is 5.02 Å². The Balaban J connectivity index is 1.74. The number of rotatable bonds is 5. The third kappa shape index (κ3) is 4.03. The Morgan fingerprint density at radius 2 is 1.87 bits per heavy atom. The van der Waals surface area contributed by atoms with Crippen LogP contribution < -0.4 is 9.88 Å². The second kappa shape index (κ2) is 8.84. The van der Waals surface area contributed by atoms with Crippen molar-refractivity contribution in [3.63, 3.8) is 0 Å². The number of esters is 1. The number of ketones is 1. The Morgan fingerprint density at radius 3 is 2.57 bits per heavy atom. The lowest BCUT2D eigenvalue weighted by Gasteiger charge is -2.33. The molecular weight excluding hydrogens is 400 g/mol. The van der Waals surface area contributed by atoms with Crippen molar-refractivity contribution in [2.24, 2.45) is 5.92 Å². The number of fused-ring (bicyclic) bond motifs is 1. The third-order valence-electron chi connectivity index (χ3n) is 5.58. The van der Waals surface area contributed by atoms with Crippen LogP contribution in [0.4, 0.5) is 5.69 Å². The van der Waals surface area contributed by atoms with Crippen LogP contribution in [0, 0.1) is 5.92 Å². The number of benzene rings is 2. The minimum absolute atomic E-state index is 0.0451. The smallest absolute Gasteiger partial charge is 0.309 e. The molecule has 1 aliphatic heterocycles. The molecule has 30 heavy (non-hydrogen) atoms. The van der Waals surface area contributed by atoms with Crippen LogP contribution in [-0.2, 0) is 9.53 Å². The summed E-state index contributed by atoms with van der Waals surface area (Å²) >= 11 is 6.30. The topological polar surface area (TPSA) is 60.8 Å². The van der Waals surface area contributed by atoms with E-state index >= 15 is 0 Å². The second-order valence-electron chi connectivity index (χ2n) is 7.45. The molecule has 0 aliphatic carbocycles. The van der Waals surface area contributed by atoms with E-state index in [-0.39, 0.29) is 17.7 Å². The first kappa shape index (κ1) is 20.4. The maximum Gasteiger partial charge on any atom is 0.309 e. The van der Waals surface area contributed by atoms with Gasteiger partial charge < -0.3 is 9.64 Å². The minimum Gasteiger partial charge on any atom is -0.466 e. The van der Waals surface area contributed by atoms with Crippen LogP contribution in [0.3, 0.4) is 0 Å². The standard InChI is InChI=1S/C24H23ClN2O3/c1-2-30-24(29)17-10-12-27(13-11-17)22-19-14-18(25)8-9-21(19)26-15-20(22)23(28)16-6-4-3-5-7-16/h3-9,14-15,17H,2,10-13H2,1H3/p+1. The summed E-state index contributed by atoms with van der Waals surface area (Å²) in [7, 11) is 0. The number of anilines is 1. The molecule has 0 unspecified atom stereocenters. The molecule has 0 bridgehead atoms. The molecule has 1 N–H and O–H groups in total. The number of carbonyl (C=O) groups is 2. The Morgan fingerprint density at radius 1 is 1.13 bits per heavy atom. The van der Waals surface area contributed by atoms with E-state index in [9.17, 15) is 9.59 Å². The number of ether oxygens (including phenoxy) is 1. The molecule has 1 aromatic heterocycles. The summed E-state index contributed by atoms with van der Waals surface area (Å²) in [6.07, 6.45) is 3.16. The van der Waals surface area contributed by atoms with E-state index in [0.29, 0.717) is 48.7 Å². The summed E-state index contributed by atoms with van der Waals surface area (Å²) in [5.74, 6) is -0.275. The first-order chi connectivity index (χ1) is 14.6. The lowest BCUT2D eigenvalue weighted by atomic mass is 9.94. The molecule has 0 atom stereocenters. The molecule has 1 fully saturated rings. The predicted molar refractivity (Wildman–Crippen MR) is 117 cm³/mol. The highest BCUT2D eigenvalue weighted by molar-refractivity contribution is 6.31. The number of pyridine rings is 1. The zero-order valence-electron chi connectivity index (χ0n) is 16.9. The van der Waals surface area contributed by atoms with E-state index in [1.54, 1.807) is 6.20 Å². The molecule has 1 aliphatic rings. The first-order valence-corrected chi connectivity index (χ1v) is 10.6. The fourth-order valence-electron chi connectivity index (χ4n) is 4.06. The average molecular weight is 424 g/mol. The molecule has 2 aromatic carbocycles. The van der Waals surface area contributed by atoms with Gasteiger partial charge in [0.2, 0.25) is 11.3 Å². The van der Waals surface area contributed by atoms with E-state index in [1.165, 1.54) is 0 Å². The van der Waals surface area contributed by atoms with Gasteiger partial charge in [0.1, 0.15) is 5.56 Å². The number of nitrogens with one attached hydrogen (secondary N) is 1. The SMILES string of the molecule is CCOC(=O)C1CCN(c2c(C(=O)c3ccccc3)c[nH+]c3ccc(Cl)cc23)CC1. The summed E-state index contributed by atoms with van der Waals surface area (Å²) in [4.78, 5) is 30.9. The zero-order chi connectivity index (χ0) is 21.1.